The van der Waals surface area contributed by atoms with Crippen molar-refractivity contribution >= 4 is 11.6 Å². The molecule has 3 unspecified atom stereocenters. The molecule has 1 aromatic carbocycles. The predicted molar refractivity (Wildman–Crippen MR) is 71.1 cm³/mol. The van der Waals surface area contributed by atoms with E-state index in [9.17, 15) is 9.18 Å². The van der Waals surface area contributed by atoms with E-state index < -0.39 is 5.54 Å². The number of anilines is 1. The number of nitrogens with one attached hydrogen (secondary N) is 1. The maximum Gasteiger partial charge on any atom is 0.243 e. The predicted octanol–water partition coefficient (Wildman–Crippen LogP) is 1.19. The highest BCUT2D eigenvalue weighted by Gasteiger charge is 2.50. The Morgan fingerprint density at radius 2 is 2.32 bits per heavy atom. The second kappa shape index (κ2) is 4.49. The fourth-order valence-corrected chi connectivity index (χ4v) is 3.35. The van der Waals surface area contributed by atoms with Gasteiger partial charge in [-0.15, -0.1) is 0 Å². The van der Waals surface area contributed by atoms with Crippen LogP contribution in [-0.2, 0) is 4.79 Å². The molecule has 3 N–H and O–H groups in total. The van der Waals surface area contributed by atoms with Gasteiger partial charge in [-0.2, -0.15) is 0 Å². The minimum absolute atomic E-state index is 0.210. The Labute approximate surface area is 111 Å². The number of nitrogens with zero attached hydrogens (tertiary/aromatic N) is 1. The summed E-state index contributed by atoms with van der Waals surface area (Å²) in [5.74, 6) is -0.432. The first kappa shape index (κ1) is 12.4. The summed E-state index contributed by atoms with van der Waals surface area (Å²) in [5.41, 5.74) is 5.55. The number of hydrogen-bond donors (Lipinski definition) is 2. The van der Waals surface area contributed by atoms with E-state index in [1.54, 1.807) is 12.1 Å². The second-order valence-electron chi connectivity index (χ2n) is 5.51. The van der Waals surface area contributed by atoms with Crippen LogP contribution in [0, 0.1) is 11.7 Å². The summed E-state index contributed by atoms with van der Waals surface area (Å²) in [6.45, 7) is 2.78. The molecule has 0 saturated carbocycles. The minimum atomic E-state index is -0.735. The zero-order valence-electron chi connectivity index (χ0n) is 10.7. The molecule has 102 valence electrons. The van der Waals surface area contributed by atoms with Crippen LogP contribution in [0.4, 0.5) is 10.1 Å². The van der Waals surface area contributed by atoms with Gasteiger partial charge in [0.05, 0.1) is 0 Å². The average Bonchev–Trinajstić information content (AvgIpc) is 2.77. The van der Waals surface area contributed by atoms with Gasteiger partial charge in [0.1, 0.15) is 11.4 Å². The molecule has 2 aliphatic heterocycles. The fraction of sp³-hybridized carbons (Fsp3) is 0.500. The van der Waals surface area contributed by atoms with Crippen molar-refractivity contribution < 1.29 is 9.18 Å². The quantitative estimate of drug-likeness (QED) is 0.861. The number of rotatable bonds is 3. The summed E-state index contributed by atoms with van der Waals surface area (Å²) in [7, 11) is 0. The first-order valence-corrected chi connectivity index (χ1v) is 6.66. The lowest BCUT2D eigenvalue weighted by Crippen LogP contribution is -2.60. The molecule has 4 nitrogen and oxygen atoms in total. The van der Waals surface area contributed by atoms with Crippen LogP contribution in [0.25, 0.3) is 0 Å². The first-order valence-electron chi connectivity index (χ1n) is 6.66. The van der Waals surface area contributed by atoms with Crippen LogP contribution < -0.4 is 11.1 Å². The summed E-state index contributed by atoms with van der Waals surface area (Å²) in [5, 5.41) is 3.22. The van der Waals surface area contributed by atoms with Gasteiger partial charge in [0.25, 0.3) is 0 Å². The number of fused-ring (bicyclic) bond motifs is 2. The largest absolute Gasteiger partial charge is 0.371 e. The number of carbonyl (C=O) groups excluding carboxylic acids is 1. The van der Waals surface area contributed by atoms with E-state index in [1.165, 1.54) is 12.1 Å². The van der Waals surface area contributed by atoms with Crippen molar-refractivity contribution in [3.63, 3.8) is 0 Å². The lowest BCUT2D eigenvalue weighted by molar-refractivity contribution is -0.125. The molecular formula is C14H18FN3O. The van der Waals surface area contributed by atoms with E-state index >= 15 is 0 Å². The van der Waals surface area contributed by atoms with Gasteiger partial charge in [-0.3, -0.25) is 4.79 Å². The number of amides is 1. The summed E-state index contributed by atoms with van der Waals surface area (Å²) in [6, 6.07) is 6.21. The lowest BCUT2D eigenvalue weighted by Gasteiger charge is -2.41. The van der Waals surface area contributed by atoms with Crippen molar-refractivity contribution in [2.45, 2.75) is 18.4 Å². The van der Waals surface area contributed by atoms with Gasteiger partial charge in [-0.25, -0.2) is 4.39 Å². The SMILES string of the molecule is NC(=O)C1(Nc2cccc(F)c2)CCN2CCC1C2. The zero-order chi connectivity index (χ0) is 13.5. The van der Waals surface area contributed by atoms with Crippen LogP contribution in [-0.4, -0.2) is 36.0 Å². The molecule has 0 radical (unpaired) electrons. The highest BCUT2D eigenvalue weighted by Crippen LogP contribution is 2.38. The number of nitrogens with two attached hydrogens (primary N) is 1. The molecule has 0 spiro atoms. The molecule has 3 atom stereocenters. The number of piperidine rings is 1. The van der Waals surface area contributed by atoms with E-state index in [1.807, 2.05) is 0 Å². The maximum absolute atomic E-state index is 13.3. The molecule has 2 saturated heterocycles. The fourth-order valence-electron chi connectivity index (χ4n) is 3.35. The Balaban J connectivity index is 1.91. The second-order valence-corrected chi connectivity index (χ2v) is 5.51. The van der Waals surface area contributed by atoms with E-state index in [0.29, 0.717) is 12.1 Å². The third-order valence-corrected chi connectivity index (χ3v) is 4.42. The first-order chi connectivity index (χ1) is 9.10. The lowest BCUT2D eigenvalue weighted by atomic mass is 9.78. The highest BCUT2D eigenvalue weighted by molar-refractivity contribution is 5.88. The average molecular weight is 263 g/mol. The molecule has 0 aromatic heterocycles. The number of hydrogen-bond acceptors (Lipinski definition) is 3. The smallest absolute Gasteiger partial charge is 0.243 e. The minimum Gasteiger partial charge on any atom is -0.371 e. The molecule has 19 heavy (non-hydrogen) atoms. The van der Waals surface area contributed by atoms with Crippen LogP contribution in [0.1, 0.15) is 12.8 Å². The monoisotopic (exact) mass is 263 g/mol. The normalized spacial score (nSPS) is 33.1. The van der Waals surface area contributed by atoms with Crippen LogP contribution in [0.2, 0.25) is 0 Å². The van der Waals surface area contributed by atoms with E-state index in [0.717, 1.165) is 26.1 Å². The van der Waals surface area contributed by atoms with Gasteiger partial charge in [0.2, 0.25) is 5.91 Å². The van der Waals surface area contributed by atoms with Crippen molar-refractivity contribution in [2.75, 3.05) is 25.0 Å². The van der Waals surface area contributed by atoms with E-state index in [-0.39, 0.29) is 17.6 Å². The van der Waals surface area contributed by atoms with Gasteiger partial charge < -0.3 is 16.0 Å². The number of halogens is 1. The summed E-state index contributed by atoms with van der Waals surface area (Å²) < 4.78 is 13.3. The van der Waals surface area contributed by atoms with Crippen molar-refractivity contribution in [3.8, 4) is 0 Å². The molecule has 1 amide bonds. The Hall–Kier alpha value is -1.62. The number of carbonyl (C=O) groups is 1. The van der Waals surface area contributed by atoms with Crippen LogP contribution >= 0.6 is 0 Å². The van der Waals surface area contributed by atoms with Gasteiger partial charge in [0, 0.05) is 24.7 Å². The highest BCUT2D eigenvalue weighted by atomic mass is 19.1. The van der Waals surface area contributed by atoms with E-state index in [2.05, 4.69) is 10.2 Å². The molecule has 0 aliphatic carbocycles. The van der Waals surface area contributed by atoms with E-state index in [4.69, 9.17) is 5.73 Å². The number of benzene rings is 1. The van der Waals surface area contributed by atoms with Crippen molar-refractivity contribution in [1.82, 2.24) is 4.90 Å². The zero-order valence-corrected chi connectivity index (χ0v) is 10.7. The van der Waals surface area contributed by atoms with Gasteiger partial charge in [-0.05, 0) is 37.6 Å². The summed E-state index contributed by atoms with van der Waals surface area (Å²) in [6.07, 6.45) is 1.65. The molecule has 2 bridgehead atoms. The number of primary amides is 1. The molecule has 2 aliphatic rings. The standard InChI is InChI=1S/C14H18FN3O/c15-11-2-1-3-12(8-11)17-14(13(16)19)5-7-18-6-4-10(14)9-18/h1-3,8,10,17H,4-7,9H2,(H2,16,19). The molecule has 2 heterocycles. The molecular weight excluding hydrogens is 245 g/mol. The molecule has 1 aromatic rings. The Kier molecular flexibility index (Phi) is 2.93. The molecule has 5 heteroatoms. The van der Waals surface area contributed by atoms with Gasteiger partial charge in [0.15, 0.2) is 0 Å². The topological polar surface area (TPSA) is 58.4 Å². The summed E-state index contributed by atoms with van der Waals surface area (Å²) in [4.78, 5) is 14.3. The maximum atomic E-state index is 13.3. The Morgan fingerprint density at radius 1 is 1.47 bits per heavy atom. The van der Waals surface area contributed by atoms with Crippen molar-refractivity contribution in [3.05, 3.63) is 30.1 Å². The van der Waals surface area contributed by atoms with Gasteiger partial charge in [-0.1, -0.05) is 6.07 Å². The third kappa shape index (κ3) is 2.08. The van der Waals surface area contributed by atoms with Crippen molar-refractivity contribution in [2.24, 2.45) is 11.7 Å². The molecule has 2 fully saturated rings. The van der Waals surface area contributed by atoms with Crippen molar-refractivity contribution in [1.29, 1.82) is 0 Å². The van der Waals surface area contributed by atoms with Crippen LogP contribution in [0.3, 0.4) is 0 Å². The van der Waals surface area contributed by atoms with Crippen LogP contribution in [0.15, 0.2) is 24.3 Å². The summed E-state index contributed by atoms with van der Waals surface area (Å²) >= 11 is 0. The van der Waals surface area contributed by atoms with Gasteiger partial charge >= 0.3 is 0 Å². The molecule has 3 rings (SSSR count). The Bertz CT molecular complexity index is 507. The van der Waals surface area contributed by atoms with Crippen LogP contribution in [0.5, 0.6) is 0 Å². The third-order valence-electron chi connectivity index (χ3n) is 4.42. The Morgan fingerprint density at radius 3 is 3.05 bits per heavy atom.